The first-order chi connectivity index (χ1) is 9.88. The van der Waals surface area contributed by atoms with Crippen molar-refractivity contribution in [2.75, 3.05) is 6.54 Å². The smallest absolute Gasteiger partial charge is 0.335 e. The van der Waals surface area contributed by atoms with Gasteiger partial charge in [-0.05, 0) is 36.5 Å². The summed E-state index contributed by atoms with van der Waals surface area (Å²) in [6.45, 7) is 10.8. The second-order valence-electron chi connectivity index (χ2n) is 5.90. The van der Waals surface area contributed by atoms with Crippen LogP contribution in [-0.4, -0.2) is 28.6 Å². The first kappa shape index (κ1) is 18.2. The summed E-state index contributed by atoms with van der Waals surface area (Å²) in [6, 6.07) is 5.86. The molecular formula is C17H26BrNO2. The molecule has 1 N–H and O–H groups in total. The average Bonchev–Trinajstić information content (AvgIpc) is 2.41. The minimum atomic E-state index is -0.888. The molecule has 0 heterocycles. The first-order valence-corrected chi connectivity index (χ1v) is 8.44. The summed E-state index contributed by atoms with van der Waals surface area (Å²) in [5.74, 6) is -0.274. The van der Waals surface area contributed by atoms with Crippen LogP contribution in [0.2, 0.25) is 0 Å². The molecule has 0 saturated heterocycles. The van der Waals surface area contributed by atoms with Crippen LogP contribution >= 0.6 is 15.9 Å². The summed E-state index contributed by atoms with van der Waals surface area (Å²) < 4.78 is 0.877. The zero-order valence-electron chi connectivity index (χ0n) is 13.4. The number of hydrogen-bond donors (Lipinski definition) is 1. The number of aromatic carboxylic acids is 1. The average molecular weight is 356 g/mol. The molecule has 0 atom stereocenters. The molecule has 4 heteroatoms. The van der Waals surface area contributed by atoms with E-state index in [0.717, 1.165) is 36.0 Å². The molecule has 0 aromatic heterocycles. The Morgan fingerprint density at radius 3 is 2.33 bits per heavy atom. The van der Waals surface area contributed by atoms with Crippen LogP contribution in [0.15, 0.2) is 22.7 Å². The first-order valence-electron chi connectivity index (χ1n) is 7.64. The van der Waals surface area contributed by atoms with Gasteiger partial charge in [0.2, 0.25) is 0 Å². The Hall–Kier alpha value is -0.870. The highest BCUT2D eigenvalue weighted by Crippen LogP contribution is 2.23. The zero-order chi connectivity index (χ0) is 16.0. The Bertz CT molecular complexity index is 470. The third kappa shape index (κ3) is 5.44. The van der Waals surface area contributed by atoms with E-state index in [-0.39, 0.29) is 0 Å². The van der Waals surface area contributed by atoms with Crippen molar-refractivity contribution in [1.82, 2.24) is 4.90 Å². The molecule has 0 aliphatic carbocycles. The third-order valence-electron chi connectivity index (χ3n) is 3.73. The molecule has 1 aromatic rings. The van der Waals surface area contributed by atoms with Gasteiger partial charge in [0.1, 0.15) is 0 Å². The minimum absolute atomic E-state index is 0.323. The lowest BCUT2D eigenvalue weighted by Gasteiger charge is -2.32. The van der Waals surface area contributed by atoms with Gasteiger partial charge in [-0.15, -0.1) is 0 Å². The molecule has 0 aliphatic heterocycles. The van der Waals surface area contributed by atoms with E-state index < -0.39 is 5.97 Å². The largest absolute Gasteiger partial charge is 0.478 e. The van der Waals surface area contributed by atoms with Gasteiger partial charge in [-0.1, -0.05) is 49.7 Å². The highest BCUT2D eigenvalue weighted by atomic mass is 79.9. The Morgan fingerprint density at radius 1 is 1.29 bits per heavy atom. The van der Waals surface area contributed by atoms with Gasteiger partial charge in [0.05, 0.1) is 5.56 Å². The molecule has 0 unspecified atom stereocenters. The molecule has 0 spiro atoms. The van der Waals surface area contributed by atoms with Gasteiger partial charge in [-0.3, -0.25) is 4.90 Å². The maximum Gasteiger partial charge on any atom is 0.335 e. The predicted octanol–water partition coefficient (Wildman–Crippen LogP) is 4.79. The second kappa shape index (κ2) is 8.54. The van der Waals surface area contributed by atoms with Crippen LogP contribution in [0.5, 0.6) is 0 Å². The van der Waals surface area contributed by atoms with E-state index in [4.69, 9.17) is 5.11 Å². The molecule has 1 aromatic carbocycles. The molecule has 0 aliphatic rings. The minimum Gasteiger partial charge on any atom is -0.478 e. The summed E-state index contributed by atoms with van der Waals surface area (Å²) in [6.07, 6.45) is 2.27. The van der Waals surface area contributed by atoms with E-state index in [2.05, 4.69) is 48.5 Å². The van der Waals surface area contributed by atoms with Gasteiger partial charge < -0.3 is 5.11 Å². The summed E-state index contributed by atoms with van der Waals surface area (Å²) >= 11 is 3.51. The number of carboxylic acids is 1. The molecule has 0 amide bonds. The predicted molar refractivity (Wildman–Crippen MR) is 90.7 cm³/mol. The van der Waals surface area contributed by atoms with Crippen LogP contribution < -0.4 is 0 Å². The van der Waals surface area contributed by atoms with E-state index in [1.54, 1.807) is 12.1 Å². The number of carboxylic acid groups (broad SMARTS) is 1. The summed E-state index contributed by atoms with van der Waals surface area (Å²) in [5.41, 5.74) is 1.47. The molecule has 0 bridgehead atoms. The fraction of sp³-hybridized carbons (Fsp3) is 0.588. The van der Waals surface area contributed by atoms with E-state index in [0.29, 0.717) is 17.5 Å². The van der Waals surface area contributed by atoms with Crippen molar-refractivity contribution < 1.29 is 9.90 Å². The quantitative estimate of drug-likeness (QED) is 0.728. The summed E-state index contributed by atoms with van der Waals surface area (Å²) in [7, 11) is 0. The molecule has 1 rings (SSSR count). The van der Waals surface area contributed by atoms with E-state index in [1.807, 2.05) is 6.07 Å². The highest BCUT2D eigenvalue weighted by Gasteiger charge is 2.18. The van der Waals surface area contributed by atoms with Gasteiger partial charge in [-0.2, -0.15) is 0 Å². The fourth-order valence-electron chi connectivity index (χ4n) is 2.64. The van der Waals surface area contributed by atoms with Crippen LogP contribution in [0, 0.1) is 5.92 Å². The van der Waals surface area contributed by atoms with E-state index >= 15 is 0 Å². The van der Waals surface area contributed by atoms with Crippen molar-refractivity contribution in [2.45, 2.75) is 53.1 Å². The van der Waals surface area contributed by atoms with Crippen LogP contribution in [0.4, 0.5) is 0 Å². The fourth-order valence-corrected chi connectivity index (χ4v) is 3.15. The maximum atomic E-state index is 11.0. The molecule has 21 heavy (non-hydrogen) atoms. The number of rotatable bonds is 8. The summed E-state index contributed by atoms with van der Waals surface area (Å²) in [5, 5.41) is 9.03. The molecule has 0 radical (unpaired) electrons. The zero-order valence-corrected chi connectivity index (χ0v) is 15.0. The lowest BCUT2D eigenvalue weighted by molar-refractivity contribution is 0.0696. The maximum absolute atomic E-state index is 11.0. The topological polar surface area (TPSA) is 40.5 Å². The Kier molecular flexibility index (Phi) is 7.40. The standard InChI is InChI=1S/C17H26BrNO2/c1-5-15(6-2)19(10-12(3)4)11-14-8-7-13(17(20)21)9-16(14)18/h7-9,12,15H,5-6,10-11H2,1-4H3,(H,20,21). The van der Waals surface area contributed by atoms with Crippen molar-refractivity contribution in [3.05, 3.63) is 33.8 Å². The van der Waals surface area contributed by atoms with Crippen molar-refractivity contribution in [3.63, 3.8) is 0 Å². The number of benzene rings is 1. The number of hydrogen-bond acceptors (Lipinski definition) is 2. The molecular weight excluding hydrogens is 330 g/mol. The van der Waals surface area contributed by atoms with E-state index in [9.17, 15) is 4.79 Å². The van der Waals surface area contributed by atoms with Crippen LogP contribution in [0.3, 0.4) is 0 Å². The van der Waals surface area contributed by atoms with Gasteiger partial charge in [-0.25, -0.2) is 4.79 Å². The monoisotopic (exact) mass is 355 g/mol. The van der Waals surface area contributed by atoms with E-state index in [1.165, 1.54) is 0 Å². The van der Waals surface area contributed by atoms with Crippen LogP contribution in [-0.2, 0) is 6.54 Å². The van der Waals surface area contributed by atoms with Crippen molar-refractivity contribution in [2.24, 2.45) is 5.92 Å². The Labute approximate surface area is 136 Å². The van der Waals surface area contributed by atoms with Gasteiger partial charge >= 0.3 is 5.97 Å². The third-order valence-corrected chi connectivity index (χ3v) is 4.47. The normalized spacial score (nSPS) is 11.6. The van der Waals surface area contributed by atoms with Crippen molar-refractivity contribution in [3.8, 4) is 0 Å². The van der Waals surface area contributed by atoms with Gasteiger partial charge in [0, 0.05) is 23.6 Å². The lowest BCUT2D eigenvalue weighted by atomic mass is 10.1. The molecule has 118 valence electrons. The SMILES string of the molecule is CCC(CC)N(Cc1ccc(C(=O)O)cc1Br)CC(C)C. The molecule has 0 fully saturated rings. The molecule has 3 nitrogen and oxygen atoms in total. The Balaban J connectivity index is 2.94. The Morgan fingerprint density at radius 2 is 1.90 bits per heavy atom. The number of carbonyl (C=O) groups is 1. The van der Waals surface area contributed by atoms with Crippen molar-refractivity contribution in [1.29, 1.82) is 0 Å². The van der Waals surface area contributed by atoms with Crippen LogP contribution in [0.25, 0.3) is 0 Å². The second-order valence-corrected chi connectivity index (χ2v) is 6.76. The van der Waals surface area contributed by atoms with Crippen LogP contribution in [0.1, 0.15) is 56.5 Å². The molecule has 0 saturated carbocycles. The van der Waals surface area contributed by atoms with Gasteiger partial charge in [0.25, 0.3) is 0 Å². The summed E-state index contributed by atoms with van der Waals surface area (Å²) in [4.78, 5) is 13.5. The lowest BCUT2D eigenvalue weighted by Crippen LogP contribution is -2.36. The van der Waals surface area contributed by atoms with Crippen molar-refractivity contribution >= 4 is 21.9 Å². The number of halogens is 1. The number of nitrogens with zero attached hydrogens (tertiary/aromatic N) is 1. The highest BCUT2D eigenvalue weighted by molar-refractivity contribution is 9.10. The van der Waals surface area contributed by atoms with Gasteiger partial charge in [0.15, 0.2) is 0 Å².